The van der Waals surface area contributed by atoms with Gasteiger partial charge in [-0.25, -0.2) is 8.42 Å². The number of amidine groups is 1. The Morgan fingerprint density at radius 3 is 2.86 bits per heavy atom. The van der Waals surface area contributed by atoms with E-state index in [0.717, 1.165) is 12.8 Å². The van der Waals surface area contributed by atoms with Gasteiger partial charge in [0.05, 0.1) is 17.2 Å². The van der Waals surface area contributed by atoms with Crippen LogP contribution in [-0.4, -0.2) is 38.7 Å². The van der Waals surface area contributed by atoms with E-state index in [4.69, 9.17) is 4.74 Å². The maximum atomic E-state index is 12.5. The third kappa shape index (κ3) is 5.10. The highest BCUT2D eigenvalue weighted by atomic mass is 32.2. The highest BCUT2D eigenvalue weighted by Gasteiger charge is 2.18. The molecule has 0 aliphatic carbocycles. The van der Waals surface area contributed by atoms with Gasteiger partial charge in [-0.2, -0.15) is 0 Å². The number of aromatic hydroxyl groups is 1. The summed E-state index contributed by atoms with van der Waals surface area (Å²) in [6, 6.07) is 11.3. The average Bonchev–Trinajstić information content (AvgIpc) is 3.18. The second-order valence-corrected chi connectivity index (χ2v) is 8.04. The lowest BCUT2D eigenvalue weighted by atomic mass is 10.2. The molecule has 3 rings (SSSR count). The van der Waals surface area contributed by atoms with Crippen LogP contribution in [0.15, 0.2) is 57.3 Å². The molecule has 0 fully saturated rings. The van der Waals surface area contributed by atoms with Gasteiger partial charge in [0, 0.05) is 30.8 Å². The fourth-order valence-corrected chi connectivity index (χ4v) is 3.78. The number of ether oxygens (including phenoxy) is 1. The third-order valence-electron chi connectivity index (χ3n) is 4.08. The number of phenols is 1. The number of aliphatic imine (C=N–C) groups is 2. The van der Waals surface area contributed by atoms with E-state index >= 15 is 0 Å². The summed E-state index contributed by atoms with van der Waals surface area (Å²) in [5.74, 6) is 1.12. The predicted molar refractivity (Wildman–Crippen MR) is 109 cm³/mol. The molecule has 0 saturated heterocycles. The first-order chi connectivity index (χ1) is 13.5. The van der Waals surface area contributed by atoms with E-state index in [0.29, 0.717) is 42.4 Å². The fourth-order valence-electron chi connectivity index (χ4n) is 2.65. The van der Waals surface area contributed by atoms with Gasteiger partial charge in [0.2, 0.25) is 0 Å². The Bertz CT molecular complexity index is 1000. The van der Waals surface area contributed by atoms with Gasteiger partial charge in [-0.3, -0.25) is 14.7 Å². The van der Waals surface area contributed by atoms with E-state index in [1.807, 2.05) is 6.92 Å². The molecule has 1 aliphatic heterocycles. The summed E-state index contributed by atoms with van der Waals surface area (Å²) < 4.78 is 33.0. The summed E-state index contributed by atoms with van der Waals surface area (Å²) in [4.78, 5) is 8.54. The van der Waals surface area contributed by atoms with Crippen LogP contribution in [0, 0.1) is 0 Å². The van der Waals surface area contributed by atoms with Gasteiger partial charge >= 0.3 is 0 Å². The van der Waals surface area contributed by atoms with Gasteiger partial charge in [0.25, 0.3) is 10.0 Å². The number of phenolic OH excluding ortho intramolecular Hbond substituents is 1. The number of hydrogen-bond acceptors (Lipinski definition) is 6. The van der Waals surface area contributed by atoms with Gasteiger partial charge in [0.1, 0.15) is 17.3 Å². The molecule has 0 amide bonds. The normalized spacial score (nSPS) is 14.2. The van der Waals surface area contributed by atoms with E-state index in [-0.39, 0.29) is 10.6 Å². The zero-order valence-corrected chi connectivity index (χ0v) is 16.4. The van der Waals surface area contributed by atoms with E-state index in [1.54, 1.807) is 24.3 Å². The molecule has 0 aromatic heterocycles. The topological polar surface area (TPSA) is 100 Å². The van der Waals surface area contributed by atoms with E-state index in [2.05, 4.69) is 14.7 Å². The average molecular weight is 401 g/mol. The smallest absolute Gasteiger partial charge is 0.262 e. The first-order valence-corrected chi connectivity index (χ1v) is 10.6. The molecular weight excluding hydrogens is 378 g/mol. The van der Waals surface area contributed by atoms with Crippen molar-refractivity contribution in [2.24, 2.45) is 9.98 Å². The Labute approximate surface area is 164 Å². The fraction of sp³-hybridized carbons (Fsp3) is 0.300. The van der Waals surface area contributed by atoms with Crippen molar-refractivity contribution >= 4 is 27.8 Å². The number of nitrogens with zero attached hydrogens (tertiary/aromatic N) is 2. The van der Waals surface area contributed by atoms with Crippen LogP contribution in [0.25, 0.3) is 0 Å². The van der Waals surface area contributed by atoms with Crippen molar-refractivity contribution in [3.63, 3.8) is 0 Å². The number of hydrogen-bond donors (Lipinski definition) is 2. The lowest BCUT2D eigenvalue weighted by Crippen LogP contribution is -2.29. The highest BCUT2D eigenvalue weighted by molar-refractivity contribution is 7.90. The first kappa shape index (κ1) is 19.9. The molecule has 0 saturated carbocycles. The SMILES string of the molecule is CCCOc1ccc(C=Nc2cccc(S(=O)(=O)NC3=NCCC3)c2)c(O)c1. The van der Waals surface area contributed by atoms with Gasteiger partial charge < -0.3 is 9.84 Å². The minimum Gasteiger partial charge on any atom is -0.507 e. The molecule has 0 spiro atoms. The van der Waals surface area contributed by atoms with Crippen LogP contribution < -0.4 is 9.46 Å². The van der Waals surface area contributed by atoms with Crippen LogP contribution in [0.4, 0.5) is 5.69 Å². The van der Waals surface area contributed by atoms with E-state index in [9.17, 15) is 13.5 Å². The van der Waals surface area contributed by atoms with Crippen molar-refractivity contribution in [2.75, 3.05) is 13.2 Å². The molecule has 2 N–H and O–H groups in total. The Balaban J connectivity index is 1.75. The highest BCUT2D eigenvalue weighted by Crippen LogP contribution is 2.24. The van der Waals surface area contributed by atoms with E-state index < -0.39 is 10.0 Å². The lowest BCUT2D eigenvalue weighted by Gasteiger charge is -2.08. The maximum Gasteiger partial charge on any atom is 0.262 e. The largest absolute Gasteiger partial charge is 0.507 e. The summed E-state index contributed by atoms with van der Waals surface area (Å²) >= 11 is 0. The van der Waals surface area contributed by atoms with Gasteiger partial charge in [-0.15, -0.1) is 0 Å². The zero-order chi connectivity index (χ0) is 20.0. The molecule has 0 bridgehead atoms. The minimum atomic E-state index is -3.69. The monoisotopic (exact) mass is 401 g/mol. The zero-order valence-electron chi connectivity index (χ0n) is 15.6. The standard InChI is InChI=1S/C20H23N3O4S/c1-2-11-27-17-9-8-15(19(24)13-17)14-22-16-5-3-6-18(12-16)28(25,26)23-20-7-4-10-21-20/h3,5-6,8-9,12-14,24H,2,4,7,10-11H2,1H3,(H,21,23). The molecule has 0 atom stereocenters. The molecule has 0 unspecified atom stereocenters. The van der Waals surface area contributed by atoms with Crippen molar-refractivity contribution in [3.8, 4) is 11.5 Å². The van der Waals surface area contributed by atoms with Crippen molar-refractivity contribution in [3.05, 3.63) is 48.0 Å². The number of sulfonamides is 1. The molecule has 28 heavy (non-hydrogen) atoms. The second kappa shape index (κ2) is 8.88. The Hall–Kier alpha value is -2.87. The summed E-state index contributed by atoms with van der Waals surface area (Å²) in [6.45, 7) is 3.23. The number of rotatable bonds is 7. The summed E-state index contributed by atoms with van der Waals surface area (Å²) in [5, 5.41) is 10.1. The molecule has 7 nitrogen and oxygen atoms in total. The summed E-state index contributed by atoms with van der Waals surface area (Å²) in [5.41, 5.74) is 0.970. The second-order valence-electron chi connectivity index (χ2n) is 6.36. The van der Waals surface area contributed by atoms with Gasteiger partial charge in [-0.1, -0.05) is 13.0 Å². The number of nitrogens with one attached hydrogen (secondary N) is 1. The van der Waals surface area contributed by atoms with Crippen molar-refractivity contribution in [1.82, 2.24) is 4.72 Å². The minimum absolute atomic E-state index is 0.0436. The Morgan fingerprint density at radius 2 is 2.14 bits per heavy atom. The molecule has 148 valence electrons. The van der Waals surface area contributed by atoms with Crippen molar-refractivity contribution < 1.29 is 18.3 Å². The molecule has 8 heteroatoms. The van der Waals surface area contributed by atoms with Gasteiger partial charge in [0.15, 0.2) is 0 Å². The number of benzene rings is 2. The molecule has 2 aromatic rings. The van der Waals surface area contributed by atoms with Crippen LogP contribution >= 0.6 is 0 Å². The van der Waals surface area contributed by atoms with Crippen LogP contribution in [0.3, 0.4) is 0 Å². The van der Waals surface area contributed by atoms with Crippen molar-refractivity contribution in [2.45, 2.75) is 31.1 Å². The Morgan fingerprint density at radius 1 is 1.29 bits per heavy atom. The van der Waals surface area contributed by atoms with Crippen LogP contribution in [0.5, 0.6) is 11.5 Å². The molecular formula is C20H23N3O4S. The summed E-state index contributed by atoms with van der Waals surface area (Å²) in [7, 11) is -3.69. The van der Waals surface area contributed by atoms with Crippen molar-refractivity contribution in [1.29, 1.82) is 0 Å². The Kier molecular flexibility index (Phi) is 6.30. The molecule has 1 heterocycles. The van der Waals surface area contributed by atoms with Gasteiger partial charge in [-0.05, 0) is 43.2 Å². The molecule has 2 aromatic carbocycles. The summed E-state index contributed by atoms with van der Waals surface area (Å²) in [6.07, 6.45) is 3.85. The quantitative estimate of drug-likeness (QED) is 0.695. The van der Waals surface area contributed by atoms with Crippen LogP contribution in [-0.2, 0) is 10.0 Å². The van der Waals surface area contributed by atoms with Crippen LogP contribution in [0.1, 0.15) is 31.7 Å². The maximum absolute atomic E-state index is 12.5. The first-order valence-electron chi connectivity index (χ1n) is 9.14. The van der Waals surface area contributed by atoms with E-state index in [1.165, 1.54) is 24.4 Å². The lowest BCUT2D eigenvalue weighted by molar-refractivity contribution is 0.315. The third-order valence-corrected chi connectivity index (χ3v) is 5.46. The molecule has 1 aliphatic rings. The molecule has 0 radical (unpaired) electrons. The predicted octanol–water partition coefficient (Wildman–Crippen LogP) is 3.40. The van der Waals surface area contributed by atoms with Crippen LogP contribution in [0.2, 0.25) is 0 Å².